The molecular weight excluding hydrogens is 196 g/mol. The van der Waals surface area contributed by atoms with E-state index >= 15 is 0 Å². The Morgan fingerprint density at radius 3 is 2.11 bits per heavy atom. The molecule has 0 saturated carbocycles. The van der Waals surface area contributed by atoms with Crippen LogP contribution >= 0.6 is 15.9 Å². The summed E-state index contributed by atoms with van der Waals surface area (Å²) >= 11 is 3.23. The summed E-state index contributed by atoms with van der Waals surface area (Å²) in [5.41, 5.74) is 0. The lowest BCUT2D eigenvalue weighted by Crippen LogP contribution is -2.25. The third kappa shape index (κ3) is 8.40. The Bertz CT molecular complexity index is 106. The van der Waals surface area contributed by atoms with Crippen LogP contribution in [-0.4, -0.2) is 14.9 Å². The first-order valence-electron chi connectivity index (χ1n) is 2.89. The van der Waals surface area contributed by atoms with Gasteiger partial charge in [0.15, 0.2) is 8.32 Å². The Hall–Kier alpha value is 0.397. The van der Waals surface area contributed by atoms with E-state index in [1.165, 1.54) is 0 Å². The molecule has 3 heteroatoms. The molecule has 0 atom stereocenters. The second-order valence-corrected chi connectivity index (χ2v) is 8.55. The molecule has 0 spiro atoms. The average Bonchev–Trinajstić information content (AvgIpc) is 1.59. The van der Waals surface area contributed by atoms with E-state index in [2.05, 4.69) is 42.1 Å². The lowest BCUT2D eigenvalue weighted by atomic mass is 10.7. The maximum atomic E-state index is 5.48. The maximum absolute atomic E-state index is 5.48. The molecule has 1 nitrogen and oxygen atoms in total. The van der Waals surface area contributed by atoms with Gasteiger partial charge in [-0.2, -0.15) is 0 Å². The van der Waals surface area contributed by atoms with Gasteiger partial charge in [-0.15, -0.1) is 0 Å². The van der Waals surface area contributed by atoms with Crippen molar-refractivity contribution in [3.05, 3.63) is 11.1 Å². The quantitative estimate of drug-likeness (QED) is 0.649. The number of hydrogen-bond donors (Lipinski definition) is 0. The topological polar surface area (TPSA) is 9.23 Å². The molecule has 0 N–H and O–H groups in total. The fraction of sp³-hybridized carbons (Fsp3) is 0.667. The molecule has 9 heavy (non-hydrogen) atoms. The standard InChI is InChI=1S/C6H13BrOSi/c1-6(7)5-8-9(2,3)4/h1,5H2,2-4H3. The molecule has 0 aromatic carbocycles. The average molecular weight is 209 g/mol. The summed E-state index contributed by atoms with van der Waals surface area (Å²) in [5.74, 6) is 0. The second kappa shape index (κ2) is 3.54. The lowest BCUT2D eigenvalue weighted by molar-refractivity contribution is 0.355. The van der Waals surface area contributed by atoms with Crippen LogP contribution in [0.1, 0.15) is 0 Å². The minimum atomic E-state index is -1.31. The van der Waals surface area contributed by atoms with Crippen LogP contribution < -0.4 is 0 Å². The van der Waals surface area contributed by atoms with E-state index in [0.717, 1.165) is 4.48 Å². The van der Waals surface area contributed by atoms with Crippen LogP contribution in [0.15, 0.2) is 11.1 Å². The summed E-state index contributed by atoms with van der Waals surface area (Å²) in [6, 6.07) is 0. The highest BCUT2D eigenvalue weighted by molar-refractivity contribution is 9.11. The predicted octanol–water partition coefficient (Wildman–Crippen LogP) is 2.75. The van der Waals surface area contributed by atoms with E-state index in [-0.39, 0.29) is 0 Å². The summed E-state index contributed by atoms with van der Waals surface area (Å²) in [7, 11) is -1.31. The van der Waals surface area contributed by atoms with Crippen molar-refractivity contribution in [1.82, 2.24) is 0 Å². The molecule has 0 rings (SSSR count). The van der Waals surface area contributed by atoms with Gasteiger partial charge >= 0.3 is 0 Å². The molecular formula is C6H13BrOSi. The Labute approximate surface area is 66.4 Å². The summed E-state index contributed by atoms with van der Waals surface area (Å²) in [4.78, 5) is 0. The molecule has 0 aromatic heterocycles. The maximum Gasteiger partial charge on any atom is 0.184 e. The Balaban J connectivity index is 3.39. The monoisotopic (exact) mass is 208 g/mol. The van der Waals surface area contributed by atoms with Crippen molar-refractivity contribution < 1.29 is 4.43 Å². The summed E-state index contributed by atoms with van der Waals surface area (Å²) in [5, 5.41) is 0. The van der Waals surface area contributed by atoms with Gasteiger partial charge in [0.25, 0.3) is 0 Å². The summed E-state index contributed by atoms with van der Waals surface area (Å²) in [6.45, 7) is 10.8. The molecule has 0 fully saturated rings. The molecule has 0 saturated heterocycles. The third-order valence-corrected chi connectivity index (χ3v) is 1.90. The van der Waals surface area contributed by atoms with Crippen LogP contribution in [0.4, 0.5) is 0 Å². The Kier molecular flexibility index (Phi) is 3.69. The number of halogens is 1. The lowest BCUT2D eigenvalue weighted by Gasteiger charge is -2.15. The van der Waals surface area contributed by atoms with Crippen molar-refractivity contribution in [2.75, 3.05) is 6.61 Å². The first-order chi connectivity index (χ1) is 3.92. The molecule has 0 aromatic rings. The molecule has 0 aliphatic heterocycles. The predicted molar refractivity (Wildman–Crippen MR) is 47.4 cm³/mol. The van der Waals surface area contributed by atoms with E-state index in [4.69, 9.17) is 4.43 Å². The van der Waals surface area contributed by atoms with Gasteiger partial charge in [-0.1, -0.05) is 22.5 Å². The fourth-order valence-electron chi connectivity index (χ4n) is 0.295. The van der Waals surface area contributed by atoms with E-state index < -0.39 is 8.32 Å². The zero-order chi connectivity index (χ0) is 7.49. The molecule has 0 aliphatic rings. The van der Waals surface area contributed by atoms with Gasteiger partial charge in [0, 0.05) is 4.48 Å². The van der Waals surface area contributed by atoms with E-state index in [9.17, 15) is 0 Å². The number of hydrogen-bond acceptors (Lipinski definition) is 1. The normalized spacial score (nSPS) is 11.6. The largest absolute Gasteiger partial charge is 0.413 e. The van der Waals surface area contributed by atoms with Gasteiger partial charge in [0.1, 0.15) is 0 Å². The van der Waals surface area contributed by atoms with Gasteiger partial charge < -0.3 is 4.43 Å². The fourth-order valence-corrected chi connectivity index (χ4v) is 1.23. The van der Waals surface area contributed by atoms with Crippen molar-refractivity contribution in [3.63, 3.8) is 0 Å². The van der Waals surface area contributed by atoms with Crippen LogP contribution in [0.2, 0.25) is 19.6 Å². The smallest absolute Gasteiger partial charge is 0.184 e. The zero-order valence-corrected chi connectivity index (χ0v) is 8.79. The third-order valence-electron chi connectivity index (χ3n) is 0.662. The highest BCUT2D eigenvalue weighted by atomic mass is 79.9. The van der Waals surface area contributed by atoms with Crippen LogP contribution in [-0.2, 0) is 4.43 Å². The first kappa shape index (κ1) is 9.40. The van der Waals surface area contributed by atoms with E-state index in [1.807, 2.05) is 0 Å². The minimum Gasteiger partial charge on any atom is -0.413 e. The van der Waals surface area contributed by atoms with Gasteiger partial charge in [0.05, 0.1) is 6.61 Å². The SMILES string of the molecule is C=C(Br)CO[Si](C)(C)C. The summed E-state index contributed by atoms with van der Waals surface area (Å²) < 4.78 is 6.40. The first-order valence-corrected chi connectivity index (χ1v) is 7.09. The zero-order valence-electron chi connectivity index (χ0n) is 6.20. The van der Waals surface area contributed by atoms with E-state index in [1.54, 1.807) is 0 Å². The molecule has 0 unspecified atom stereocenters. The van der Waals surface area contributed by atoms with Crippen molar-refractivity contribution in [1.29, 1.82) is 0 Å². The highest BCUT2D eigenvalue weighted by Crippen LogP contribution is 2.07. The Morgan fingerprint density at radius 2 is 2.00 bits per heavy atom. The summed E-state index contributed by atoms with van der Waals surface area (Å²) in [6.07, 6.45) is 0. The van der Waals surface area contributed by atoms with Crippen molar-refractivity contribution in [2.24, 2.45) is 0 Å². The molecule has 0 bridgehead atoms. The van der Waals surface area contributed by atoms with Crippen LogP contribution in [0.25, 0.3) is 0 Å². The van der Waals surface area contributed by atoms with E-state index in [0.29, 0.717) is 6.61 Å². The van der Waals surface area contributed by atoms with Crippen molar-refractivity contribution in [2.45, 2.75) is 19.6 Å². The molecule has 54 valence electrons. The minimum absolute atomic E-state index is 0.649. The van der Waals surface area contributed by atoms with Crippen LogP contribution in [0.3, 0.4) is 0 Å². The van der Waals surface area contributed by atoms with Crippen LogP contribution in [0.5, 0.6) is 0 Å². The molecule has 0 radical (unpaired) electrons. The van der Waals surface area contributed by atoms with Gasteiger partial charge in [-0.3, -0.25) is 0 Å². The van der Waals surface area contributed by atoms with Crippen molar-refractivity contribution >= 4 is 24.2 Å². The van der Waals surface area contributed by atoms with Gasteiger partial charge in [-0.05, 0) is 19.6 Å². The molecule has 0 amide bonds. The second-order valence-electron chi connectivity index (χ2n) is 2.92. The molecule has 0 heterocycles. The van der Waals surface area contributed by atoms with Gasteiger partial charge in [-0.25, -0.2) is 0 Å². The number of rotatable bonds is 3. The van der Waals surface area contributed by atoms with Gasteiger partial charge in [0.2, 0.25) is 0 Å². The highest BCUT2D eigenvalue weighted by Gasteiger charge is 2.13. The Morgan fingerprint density at radius 1 is 1.56 bits per heavy atom. The van der Waals surface area contributed by atoms with Crippen LogP contribution in [0, 0.1) is 0 Å². The molecule has 0 aliphatic carbocycles. The van der Waals surface area contributed by atoms with Crippen molar-refractivity contribution in [3.8, 4) is 0 Å².